The van der Waals surface area contributed by atoms with E-state index < -0.39 is 23.2 Å². The molecule has 0 rings (SSSR count). The fourth-order valence-electron chi connectivity index (χ4n) is 0.706. The first-order valence-corrected chi connectivity index (χ1v) is 4.01. The van der Waals surface area contributed by atoms with E-state index in [2.05, 4.69) is 0 Å². The zero-order chi connectivity index (χ0) is 9.94. The Morgan fingerprint density at radius 2 is 1.75 bits per heavy atom. The number of hydrogen-bond donors (Lipinski definition) is 0. The Morgan fingerprint density at radius 3 is 2.00 bits per heavy atom. The van der Waals surface area contributed by atoms with E-state index in [9.17, 15) is 14.0 Å². The normalized spacial score (nSPS) is 14.1. The SMILES string of the molecule is CCC(=O)C(F)C(=O)C(C)(C)C. The van der Waals surface area contributed by atoms with Crippen molar-refractivity contribution < 1.29 is 14.0 Å². The minimum Gasteiger partial charge on any atom is -0.296 e. The lowest BCUT2D eigenvalue weighted by Gasteiger charge is -2.18. The summed E-state index contributed by atoms with van der Waals surface area (Å²) < 4.78 is 13.0. The van der Waals surface area contributed by atoms with E-state index in [0.717, 1.165) is 0 Å². The number of alkyl halides is 1. The van der Waals surface area contributed by atoms with Gasteiger partial charge in [0.05, 0.1) is 0 Å². The molecule has 0 heterocycles. The van der Waals surface area contributed by atoms with Crippen LogP contribution in [0.25, 0.3) is 0 Å². The molecule has 70 valence electrons. The summed E-state index contributed by atoms with van der Waals surface area (Å²) in [6.07, 6.45) is -1.86. The molecule has 1 atom stereocenters. The molecule has 3 heteroatoms. The molecule has 0 spiro atoms. The van der Waals surface area contributed by atoms with Crippen molar-refractivity contribution in [1.82, 2.24) is 0 Å². The van der Waals surface area contributed by atoms with Gasteiger partial charge in [0.1, 0.15) is 0 Å². The molecule has 0 aromatic carbocycles. The molecule has 0 amide bonds. The van der Waals surface area contributed by atoms with Gasteiger partial charge in [-0.3, -0.25) is 9.59 Å². The summed E-state index contributed by atoms with van der Waals surface area (Å²) >= 11 is 0. The van der Waals surface area contributed by atoms with Gasteiger partial charge in [0, 0.05) is 11.8 Å². The zero-order valence-corrected chi connectivity index (χ0v) is 7.98. The Labute approximate surface area is 72.1 Å². The summed E-state index contributed by atoms with van der Waals surface area (Å²) in [7, 11) is 0. The number of Topliss-reactive ketones (excluding diaryl/α,β-unsaturated/α-hetero) is 2. The Kier molecular flexibility index (Phi) is 3.55. The highest BCUT2D eigenvalue weighted by Crippen LogP contribution is 2.19. The molecule has 0 fully saturated rings. The van der Waals surface area contributed by atoms with Crippen LogP contribution in [0.15, 0.2) is 0 Å². The van der Waals surface area contributed by atoms with E-state index in [-0.39, 0.29) is 6.42 Å². The Balaban J connectivity index is 4.41. The van der Waals surface area contributed by atoms with Crippen molar-refractivity contribution in [3.8, 4) is 0 Å². The van der Waals surface area contributed by atoms with E-state index in [1.54, 1.807) is 27.7 Å². The van der Waals surface area contributed by atoms with Crippen molar-refractivity contribution in [2.75, 3.05) is 0 Å². The van der Waals surface area contributed by atoms with E-state index in [0.29, 0.717) is 0 Å². The molecule has 0 radical (unpaired) electrons. The summed E-state index contributed by atoms with van der Waals surface area (Å²) in [5, 5.41) is 0. The summed E-state index contributed by atoms with van der Waals surface area (Å²) in [6.45, 7) is 6.35. The molecule has 0 aliphatic heterocycles. The molecule has 0 bridgehead atoms. The standard InChI is InChI=1S/C9H15FO2/c1-5-6(11)7(10)8(12)9(2,3)4/h7H,5H2,1-4H3. The molecular formula is C9H15FO2. The van der Waals surface area contributed by atoms with Crippen LogP contribution in [0.2, 0.25) is 0 Å². The molecular weight excluding hydrogens is 159 g/mol. The van der Waals surface area contributed by atoms with Crippen LogP contribution in [0.3, 0.4) is 0 Å². The Hall–Kier alpha value is -0.730. The highest BCUT2D eigenvalue weighted by atomic mass is 19.1. The Morgan fingerprint density at radius 1 is 1.33 bits per heavy atom. The highest BCUT2D eigenvalue weighted by Gasteiger charge is 2.33. The van der Waals surface area contributed by atoms with Gasteiger partial charge in [-0.2, -0.15) is 0 Å². The van der Waals surface area contributed by atoms with Gasteiger partial charge in [0.25, 0.3) is 0 Å². The number of hydrogen-bond acceptors (Lipinski definition) is 2. The maximum atomic E-state index is 13.0. The average molecular weight is 174 g/mol. The predicted octanol–water partition coefficient (Wildman–Crippen LogP) is 1.92. The van der Waals surface area contributed by atoms with E-state index in [4.69, 9.17) is 0 Å². The third-order valence-electron chi connectivity index (χ3n) is 1.60. The van der Waals surface area contributed by atoms with Gasteiger partial charge < -0.3 is 0 Å². The summed E-state index contributed by atoms with van der Waals surface area (Å²) in [6, 6.07) is 0. The smallest absolute Gasteiger partial charge is 0.216 e. The Bertz CT molecular complexity index is 191. The highest BCUT2D eigenvalue weighted by molar-refractivity contribution is 6.07. The quantitative estimate of drug-likeness (QED) is 0.612. The second-order valence-corrected chi connectivity index (χ2v) is 3.80. The maximum Gasteiger partial charge on any atom is 0.216 e. The molecule has 1 unspecified atom stereocenters. The van der Waals surface area contributed by atoms with Crippen molar-refractivity contribution in [3.63, 3.8) is 0 Å². The van der Waals surface area contributed by atoms with Crippen LogP contribution in [-0.4, -0.2) is 17.7 Å². The lowest BCUT2D eigenvalue weighted by atomic mass is 9.86. The van der Waals surface area contributed by atoms with E-state index in [1.165, 1.54) is 0 Å². The molecule has 0 aromatic rings. The minimum absolute atomic E-state index is 0.0724. The van der Waals surface area contributed by atoms with Crippen LogP contribution < -0.4 is 0 Å². The monoisotopic (exact) mass is 174 g/mol. The number of halogens is 1. The largest absolute Gasteiger partial charge is 0.296 e. The number of carbonyl (C=O) groups is 2. The topological polar surface area (TPSA) is 34.1 Å². The maximum absolute atomic E-state index is 13.0. The second kappa shape index (κ2) is 3.78. The first-order valence-electron chi connectivity index (χ1n) is 4.01. The predicted molar refractivity (Wildman–Crippen MR) is 44.7 cm³/mol. The third kappa shape index (κ3) is 2.72. The first-order chi connectivity index (χ1) is 5.30. The van der Waals surface area contributed by atoms with Crippen molar-refractivity contribution in [2.24, 2.45) is 5.41 Å². The van der Waals surface area contributed by atoms with Gasteiger partial charge in [-0.1, -0.05) is 27.7 Å². The van der Waals surface area contributed by atoms with Crippen LogP contribution in [0, 0.1) is 5.41 Å². The molecule has 0 saturated carbocycles. The number of carbonyl (C=O) groups excluding carboxylic acids is 2. The number of rotatable bonds is 3. The van der Waals surface area contributed by atoms with Gasteiger partial charge in [-0.15, -0.1) is 0 Å². The van der Waals surface area contributed by atoms with Crippen molar-refractivity contribution in [1.29, 1.82) is 0 Å². The molecule has 2 nitrogen and oxygen atoms in total. The summed E-state index contributed by atoms with van der Waals surface area (Å²) in [4.78, 5) is 22.0. The van der Waals surface area contributed by atoms with Gasteiger partial charge in [-0.05, 0) is 0 Å². The van der Waals surface area contributed by atoms with Gasteiger partial charge in [0.15, 0.2) is 11.6 Å². The first kappa shape index (κ1) is 11.3. The van der Waals surface area contributed by atoms with E-state index in [1.807, 2.05) is 0 Å². The van der Waals surface area contributed by atoms with Crippen molar-refractivity contribution in [2.45, 2.75) is 40.3 Å². The van der Waals surface area contributed by atoms with Crippen LogP contribution >= 0.6 is 0 Å². The van der Waals surface area contributed by atoms with Gasteiger partial charge in [0.2, 0.25) is 6.17 Å². The van der Waals surface area contributed by atoms with Crippen LogP contribution in [-0.2, 0) is 9.59 Å². The summed E-state index contributed by atoms with van der Waals surface area (Å²) in [5.41, 5.74) is -0.774. The molecule has 0 aliphatic rings. The lowest BCUT2D eigenvalue weighted by molar-refractivity contribution is -0.138. The molecule has 12 heavy (non-hydrogen) atoms. The zero-order valence-electron chi connectivity index (χ0n) is 7.98. The molecule has 0 saturated heterocycles. The third-order valence-corrected chi connectivity index (χ3v) is 1.60. The molecule has 0 aromatic heterocycles. The second-order valence-electron chi connectivity index (χ2n) is 3.80. The lowest BCUT2D eigenvalue weighted by Crippen LogP contribution is -2.34. The van der Waals surface area contributed by atoms with Gasteiger partial charge >= 0.3 is 0 Å². The fourth-order valence-corrected chi connectivity index (χ4v) is 0.706. The van der Waals surface area contributed by atoms with Crippen LogP contribution in [0.5, 0.6) is 0 Å². The molecule has 0 aliphatic carbocycles. The van der Waals surface area contributed by atoms with Crippen LogP contribution in [0.1, 0.15) is 34.1 Å². The molecule has 0 N–H and O–H groups in total. The van der Waals surface area contributed by atoms with Crippen molar-refractivity contribution >= 4 is 11.6 Å². The van der Waals surface area contributed by atoms with E-state index >= 15 is 0 Å². The van der Waals surface area contributed by atoms with Gasteiger partial charge in [-0.25, -0.2) is 4.39 Å². The fraction of sp³-hybridized carbons (Fsp3) is 0.778. The minimum atomic E-state index is -1.94. The van der Waals surface area contributed by atoms with Crippen molar-refractivity contribution in [3.05, 3.63) is 0 Å². The summed E-state index contributed by atoms with van der Waals surface area (Å²) in [5.74, 6) is -1.26. The average Bonchev–Trinajstić information content (AvgIpc) is 1.98. The van der Waals surface area contributed by atoms with Crippen LogP contribution in [0.4, 0.5) is 4.39 Å². The number of ketones is 2.